The molecule has 0 amide bonds. The fraction of sp³-hybridized carbons (Fsp3) is 0.706. The molecular weight excluding hydrogens is 232 g/mol. The number of aromatic nitrogens is 1. The Bertz CT molecular complexity index is 349. The molecule has 0 radical (unpaired) electrons. The van der Waals surface area contributed by atoms with Gasteiger partial charge in [-0.05, 0) is 43.0 Å². The van der Waals surface area contributed by atoms with Crippen molar-refractivity contribution in [2.24, 2.45) is 5.92 Å². The second kappa shape index (κ2) is 9.08. The molecule has 2 heteroatoms. The molecule has 1 N–H and O–H groups in total. The second-order valence-corrected chi connectivity index (χ2v) is 5.49. The summed E-state index contributed by atoms with van der Waals surface area (Å²) in [5.74, 6) is 0.823. The minimum absolute atomic E-state index is 0.459. The van der Waals surface area contributed by atoms with Crippen molar-refractivity contribution in [2.75, 3.05) is 6.54 Å². The van der Waals surface area contributed by atoms with Crippen LogP contribution in [0.3, 0.4) is 0 Å². The third kappa shape index (κ3) is 5.32. The zero-order valence-corrected chi connectivity index (χ0v) is 13.1. The summed E-state index contributed by atoms with van der Waals surface area (Å²) in [5, 5.41) is 3.64. The Morgan fingerprint density at radius 1 is 1.26 bits per heavy atom. The van der Waals surface area contributed by atoms with E-state index in [-0.39, 0.29) is 0 Å². The second-order valence-electron chi connectivity index (χ2n) is 5.49. The van der Waals surface area contributed by atoms with Crippen molar-refractivity contribution in [3.05, 3.63) is 29.6 Å². The average Bonchev–Trinajstić information content (AvgIpc) is 2.43. The van der Waals surface area contributed by atoms with Gasteiger partial charge in [-0.1, -0.05) is 46.5 Å². The standard InChI is InChI=1S/C17H30N2/c1-5-8-9-15(6-2)12-17(19-7-3)16-13-18-11-10-14(16)4/h10-11,13,15,17,19H,5-9,12H2,1-4H3. The lowest BCUT2D eigenvalue weighted by atomic mass is 9.88. The van der Waals surface area contributed by atoms with Gasteiger partial charge in [0, 0.05) is 18.4 Å². The summed E-state index contributed by atoms with van der Waals surface area (Å²) in [6.45, 7) is 9.99. The van der Waals surface area contributed by atoms with Gasteiger partial charge in [0.25, 0.3) is 0 Å². The van der Waals surface area contributed by atoms with Gasteiger partial charge in [-0.25, -0.2) is 0 Å². The maximum Gasteiger partial charge on any atom is 0.0340 e. The summed E-state index contributed by atoms with van der Waals surface area (Å²) in [7, 11) is 0. The van der Waals surface area contributed by atoms with E-state index in [0.29, 0.717) is 6.04 Å². The Kier molecular flexibility index (Phi) is 7.73. The predicted molar refractivity (Wildman–Crippen MR) is 83.3 cm³/mol. The highest BCUT2D eigenvalue weighted by molar-refractivity contribution is 5.25. The van der Waals surface area contributed by atoms with Crippen molar-refractivity contribution < 1.29 is 0 Å². The SMILES string of the molecule is CCCCC(CC)CC(NCC)c1cnccc1C. The number of hydrogen-bond acceptors (Lipinski definition) is 2. The van der Waals surface area contributed by atoms with Gasteiger partial charge < -0.3 is 5.32 Å². The van der Waals surface area contributed by atoms with Crippen LogP contribution in [0.15, 0.2) is 18.5 Å². The van der Waals surface area contributed by atoms with Crippen LogP contribution in [-0.2, 0) is 0 Å². The van der Waals surface area contributed by atoms with Gasteiger partial charge in [0.2, 0.25) is 0 Å². The van der Waals surface area contributed by atoms with Crippen LogP contribution < -0.4 is 5.32 Å². The summed E-state index contributed by atoms with van der Waals surface area (Å²) in [4.78, 5) is 4.30. The molecule has 2 nitrogen and oxygen atoms in total. The quantitative estimate of drug-likeness (QED) is 0.701. The van der Waals surface area contributed by atoms with E-state index in [1.165, 1.54) is 43.2 Å². The van der Waals surface area contributed by atoms with Gasteiger partial charge in [-0.2, -0.15) is 0 Å². The van der Waals surface area contributed by atoms with Crippen LogP contribution in [0.5, 0.6) is 0 Å². The first kappa shape index (κ1) is 16.2. The highest BCUT2D eigenvalue weighted by atomic mass is 14.9. The molecule has 19 heavy (non-hydrogen) atoms. The molecule has 0 spiro atoms. The predicted octanol–water partition coefficient (Wildman–Crippen LogP) is 4.65. The van der Waals surface area contributed by atoms with Crippen molar-refractivity contribution in [2.45, 2.75) is 65.8 Å². The first-order valence-electron chi connectivity index (χ1n) is 7.86. The van der Waals surface area contributed by atoms with E-state index in [2.05, 4.69) is 44.1 Å². The van der Waals surface area contributed by atoms with Gasteiger partial charge in [-0.15, -0.1) is 0 Å². The van der Waals surface area contributed by atoms with Crippen molar-refractivity contribution in [3.63, 3.8) is 0 Å². The Morgan fingerprint density at radius 3 is 2.63 bits per heavy atom. The summed E-state index contributed by atoms with van der Waals surface area (Å²) in [6, 6.07) is 2.58. The van der Waals surface area contributed by atoms with Crippen LogP contribution in [0.1, 0.15) is 70.0 Å². The number of nitrogens with zero attached hydrogens (tertiary/aromatic N) is 1. The topological polar surface area (TPSA) is 24.9 Å². The molecule has 1 aromatic rings. The van der Waals surface area contributed by atoms with E-state index in [1.807, 2.05) is 12.4 Å². The van der Waals surface area contributed by atoms with Gasteiger partial charge in [0.15, 0.2) is 0 Å². The molecule has 0 aliphatic carbocycles. The number of hydrogen-bond donors (Lipinski definition) is 1. The molecular formula is C17H30N2. The maximum atomic E-state index is 4.30. The smallest absolute Gasteiger partial charge is 0.0340 e. The maximum absolute atomic E-state index is 4.30. The molecule has 2 unspecified atom stereocenters. The van der Waals surface area contributed by atoms with Crippen LogP contribution in [0.2, 0.25) is 0 Å². The summed E-state index contributed by atoms with van der Waals surface area (Å²) >= 11 is 0. The normalized spacial score (nSPS) is 14.3. The first-order chi connectivity index (χ1) is 9.22. The molecule has 0 fully saturated rings. The molecule has 0 aliphatic heterocycles. The summed E-state index contributed by atoms with van der Waals surface area (Å²) < 4.78 is 0. The molecule has 1 rings (SSSR count). The molecule has 0 bridgehead atoms. The van der Waals surface area contributed by atoms with E-state index in [4.69, 9.17) is 0 Å². The largest absolute Gasteiger partial charge is 0.310 e. The van der Waals surface area contributed by atoms with E-state index >= 15 is 0 Å². The van der Waals surface area contributed by atoms with Gasteiger partial charge in [0.1, 0.15) is 0 Å². The minimum atomic E-state index is 0.459. The fourth-order valence-electron chi connectivity index (χ4n) is 2.72. The third-order valence-corrected chi connectivity index (χ3v) is 4.02. The zero-order chi connectivity index (χ0) is 14.1. The van der Waals surface area contributed by atoms with Crippen molar-refractivity contribution in [1.82, 2.24) is 10.3 Å². The van der Waals surface area contributed by atoms with Crippen molar-refractivity contribution in [3.8, 4) is 0 Å². The van der Waals surface area contributed by atoms with Crippen molar-refractivity contribution in [1.29, 1.82) is 0 Å². The average molecular weight is 262 g/mol. The molecule has 1 aromatic heterocycles. The number of nitrogens with one attached hydrogen (secondary N) is 1. The van der Waals surface area contributed by atoms with Gasteiger partial charge in [-0.3, -0.25) is 4.98 Å². The number of rotatable bonds is 9. The molecule has 0 saturated carbocycles. The molecule has 1 heterocycles. The number of unbranched alkanes of at least 4 members (excludes halogenated alkanes) is 1. The van der Waals surface area contributed by atoms with Crippen LogP contribution in [0.4, 0.5) is 0 Å². The lowest BCUT2D eigenvalue weighted by Gasteiger charge is -2.25. The monoisotopic (exact) mass is 262 g/mol. The highest BCUT2D eigenvalue weighted by Crippen LogP contribution is 2.27. The molecule has 0 aromatic carbocycles. The molecule has 0 saturated heterocycles. The van der Waals surface area contributed by atoms with E-state index < -0.39 is 0 Å². The van der Waals surface area contributed by atoms with Crippen LogP contribution in [0.25, 0.3) is 0 Å². The molecule has 108 valence electrons. The minimum Gasteiger partial charge on any atom is -0.310 e. The Labute approximate surface area is 119 Å². The Balaban J connectivity index is 2.74. The molecule has 0 aliphatic rings. The van der Waals surface area contributed by atoms with Crippen LogP contribution >= 0.6 is 0 Å². The van der Waals surface area contributed by atoms with E-state index in [0.717, 1.165) is 12.5 Å². The van der Waals surface area contributed by atoms with Crippen molar-refractivity contribution >= 4 is 0 Å². The molecule has 2 atom stereocenters. The highest BCUT2D eigenvalue weighted by Gasteiger charge is 2.17. The van der Waals surface area contributed by atoms with Crippen LogP contribution in [0, 0.1) is 12.8 Å². The first-order valence-corrected chi connectivity index (χ1v) is 7.86. The number of aryl methyl sites for hydroxylation is 1. The fourth-order valence-corrected chi connectivity index (χ4v) is 2.72. The van der Waals surface area contributed by atoms with Crippen LogP contribution in [-0.4, -0.2) is 11.5 Å². The van der Waals surface area contributed by atoms with E-state index in [1.54, 1.807) is 0 Å². The van der Waals surface area contributed by atoms with Gasteiger partial charge >= 0.3 is 0 Å². The third-order valence-electron chi connectivity index (χ3n) is 4.02. The Hall–Kier alpha value is -0.890. The lowest BCUT2D eigenvalue weighted by Crippen LogP contribution is -2.24. The number of pyridine rings is 1. The summed E-state index contributed by atoms with van der Waals surface area (Å²) in [6.07, 6.45) is 10.4. The lowest BCUT2D eigenvalue weighted by molar-refractivity contribution is 0.356. The van der Waals surface area contributed by atoms with E-state index in [9.17, 15) is 0 Å². The Morgan fingerprint density at radius 2 is 2.05 bits per heavy atom. The zero-order valence-electron chi connectivity index (χ0n) is 13.1. The summed E-state index contributed by atoms with van der Waals surface area (Å²) in [5.41, 5.74) is 2.73. The van der Waals surface area contributed by atoms with Gasteiger partial charge in [0.05, 0.1) is 0 Å².